The molecule has 1 aliphatic heterocycles. The molecule has 1 saturated heterocycles. The minimum atomic E-state index is 0. The van der Waals surface area contributed by atoms with Gasteiger partial charge in [-0.15, -0.1) is 24.0 Å². The van der Waals surface area contributed by atoms with Crippen LogP contribution in [0.2, 0.25) is 0 Å². The minimum Gasteiger partial charge on any atom is -0.357 e. The summed E-state index contributed by atoms with van der Waals surface area (Å²) < 4.78 is 1.84. The molecule has 1 spiro atoms. The van der Waals surface area contributed by atoms with Gasteiger partial charge in [-0.3, -0.25) is 4.68 Å². The van der Waals surface area contributed by atoms with Gasteiger partial charge in [0.05, 0.1) is 12.7 Å². The third-order valence-corrected chi connectivity index (χ3v) is 5.16. The Morgan fingerprint density at radius 2 is 2.09 bits per heavy atom. The van der Waals surface area contributed by atoms with Gasteiger partial charge in [0.2, 0.25) is 0 Å². The molecule has 3 rings (SSSR count). The van der Waals surface area contributed by atoms with Crippen molar-refractivity contribution in [1.29, 1.82) is 0 Å². The van der Waals surface area contributed by atoms with E-state index in [0.29, 0.717) is 12.0 Å². The van der Waals surface area contributed by atoms with Crippen molar-refractivity contribution in [2.24, 2.45) is 17.5 Å². The van der Waals surface area contributed by atoms with Gasteiger partial charge in [-0.1, -0.05) is 19.3 Å². The Kier molecular flexibility index (Phi) is 6.73. The Labute approximate surface area is 156 Å². The molecule has 0 atom stereocenters. The van der Waals surface area contributed by atoms with E-state index in [2.05, 4.69) is 22.2 Å². The van der Waals surface area contributed by atoms with Crippen molar-refractivity contribution in [3.63, 3.8) is 0 Å². The molecule has 1 aromatic rings. The van der Waals surface area contributed by atoms with E-state index < -0.39 is 0 Å². The predicted octanol–water partition coefficient (Wildman–Crippen LogP) is 3.16. The molecule has 5 nitrogen and oxygen atoms in total. The molecule has 1 aliphatic carbocycles. The molecule has 2 heterocycles. The number of hydrogen-bond acceptors (Lipinski definition) is 2. The van der Waals surface area contributed by atoms with E-state index in [0.717, 1.165) is 19.0 Å². The van der Waals surface area contributed by atoms with Gasteiger partial charge < -0.3 is 10.2 Å². The van der Waals surface area contributed by atoms with E-state index >= 15 is 0 Å². The molecule has 2 aliphatic rings. The Morgan fingerprint density at radius 1 is 1.30 bits per heavy atom. The summed E-state index contributed by atoms with van der Waals surface area (Å²) in [6.45, 7) is 6.12. The van der Waals surface area contributed by atoms with Crippen LogP contribution < -0.4 is 5.32 Å². The molecule has 0 unspecified atom stereocenters. The number of aryl methyl sites for hydroxylation is 1. The highest BCUT2D eigenvalue weighted by atomic mass is 127. The Morgan fingerprint density at radius 3 is 2.74 bits per heavy atom. The molecule has 0 amide bonds. The molecule has 6 heteroatoms. The van der Waals surface area contributed by atoms with Crippen LogP contribution in [-0.4, -0.2) is 40.3 Å². The Bertz CT molecular complexity index is 519. The lowest BCUT2D eigenvalue weighted by molar-refractivity contribution is 0.203. The first-order valence-electron chi connectivity index (χ1n) is 8.72. The maximum atomic E-state index is 4.84. The van der Waals surface area contributed by atoms with Crippen molar-refractivity contribution in [3.05, 3.63) is 18.0 Å². The van der Waals surface area contributed by atoms with Crippen LogP contribution in [0.5, 0.6) is 0 Å². The van der Waals surface area contributed by atoms with E-state index in [-0.39, 0.29) is 24.0 Å². The van der Waals surface area contributed by atoms with Crippen molar-refractivity contribution in [2.45, 2.75) is 52.0 Å². The average molecular weight is 431 g/mol. The van der Waals surface area contributed by atoms with Crippen molar-refractivity contribution < 1.29 is 0 Å². The van der Waals surface area contributed by atoms with Gasteiger partial charge in [0.1, 0.15) is 0 Å². The van der Waals surface area contributed by atoms with E-state index in [9.17, 15) is 0 Å². The van der Waals surface area contributed by atoms with Gasteiger partial charge in [-0.05, 0) is 31.6 Å². The summed E-state index contributed by atoms with van der Waals surface area (Å²) in [5.41, 5.74) is 1.74. The lowest BCUT2D eigenvalue weighted by atomic mass is 9.73. The molecule has 1 N–H and O–H groups in total. The standard InChI is InChI=1S/C17H29N5.HI/c1-3-18-16(19-11-15-12-20-21(2)13-15)22-10-9-17(14-22)7-5-4-6-8-17;/h12-13H,3-11,14H2,1-2H3,(H,18,19);1H. The monoisotopic (exact) mass is 431 g/mol. The molecule has 23 heavy (non-hydrogen) atoms. The number of aromatic nitrogens is 2. The Hall–Kier alpha value is -0.790. The van der Waals surface area contributed by atoms with E-state index in [1.807, 2.05) is 24.1 Å². The number of nitrogens with one attached hydrogen (secondary N) is 1. The zero-order valence-corrected chi connectivity index (χ0v) is 16.8. The highest BCUT2D eigenvalue weighted by Gasteiger charge is 2.39. The molecule has 1 aromatic heterocycles. The number of likely N-dealkylation sites (tertiary alicyclic amines) is 1. The first kappa shape index (κ1) is 18.5. The lowest BCUT2D eigenvalue weighted by Crippen LogP contribution is -2.41. The quantitative estimate of drug-likeness (QED) is 0.455. The van der Waals surface area contributed by atoms with Crippen molar-refractivity contribution in [1.82, 2.24) is 20.0 Å². The lowest BCUT2D eigenvalue weighted by Gasteiger charge is -2.33. The third kappa shape index (κ3) is 4.61. The number of guanidine groups is 1. The maximum Gasteiger partial charge on any atom is 0.194 e. The molecule has 0 radical (unpaired) electrons. The molecule has 130 valence electrons. The fourth-order valence-corrected chi connectivity index (χ4v) is 3.97. The van der Waals surface area contributed by atoms with Gasteiger partial charge >= 0.3 is 0 Å². The summed E-state index contributed by atoms with van der Waals surface area (Å²) in [5, 5.41) is 7.69. The maximum absolute atomic E-state index is 4.84. The first-order chi connectivity index (χ1) is 10.7. The van der Waals surface area contributed by atoms with E-state index in [1.54, 1.807) is 0 Å². The smallest absolute Gasteiger partial charge is 0.194 e. The fraction of sp³-hybridized carbons (Fsp3) is 0.765. The number of hydrogen-bond donors (Lipinski definition) is 1. The highest BCUT2D eigenvalue weighted by molar-refractivity contribution is 14.0. The highest BCUT2D eigenvalue weighted by Crippen LogP contribution is 2.43. The zero-order valence-electron chi connectivity index (χ0n) is 14.4. The summed E-state index contributed by atoms with van der Waals surface area (Å²) in [6, 6.07) is 0. The molecular weight excluding hydrogens is 401 g/mol. The Balaban J connectivity index is 0.00000192. The van der Waals surface area contributed by atoms with Crippen LogP contribution in [0.4, 0.5) is 0 Å². The van der Waals surface area contributed by atoms with Crippen LogP contribution >= 0.6 is 24.0 Å². The summed E-state index contributed by atoms with van der Waals surface area (Å²) in [6.07, 6.45) is 12.4. The average Bonchev–Trinajstić information content (AvgIpc) is 3.11. The third-order valence-electron chi connectivity index (χ3n) is 5.16. The molecule has 2 fully saturated rings. The van der Waals surface area contributed by atoms with E-state index in [1.165, 1.54) is 50.6 Å². The topological polar surface area (TPSA) is 45.5 Å². The van der Waals surface area contributed by atoms with Gasteiger partial charge in [0.15, 0.2) is 5.96 Å². The van der Waals surface area contributed by atoms with Gasteiger partial charge in [-0.2, -0.15) is 5.10 Å². The second-order valence-electron chi connectivity index (χ2n) is 6.92. The summed E-state index contributed by atoms with van der Waals surface area (Å²) >= 11 is 0. The van der Waals surface area contributed by atoms with Gasteiger partial charge in [0, 0.05) is 38.4 Å². The SMILES string of the molecule is CCNC(=NCc1cnn(C)c1)N1CCC2(CCCCC2)C1.I. The minimum absolute atomic E-state index is 0. The second-order valence-corrected chi connectivity index (χ2v) is 6.92. The van der Waals surface area contributed by atoms with Crippen LogP contribution in [-0.2, 0) is 13.6 Å². The molecular formula is C17H30IN5. The largest absolute Gasteiger partial charge is 0.357 e. The molecule has 0 bridgehead atoms. The first-order valence-corrected chi connectivity index (χ1v) is 8.72. The number of aliphatic imine (C=N–C) groups is 1. The van der Waals surface area contributed by atoms with Crippen LogP contribution in [0.25, 0.3) is 0 Å². The fourth-order valence-electron chi connectivity index (χ4n) is 3.97. The van der Waals surface area contributed by atoms with Gasteiger partial charge in [0.25, 0.3) is 0 Å². The number of halogens is 1. The van der Waals surface area contributed by atoms with Crippen LogP contribution in [0.1, 0.15) is 51.0 Å². The van der Waals surface area contributed by atoms with Crippen LogP contribution in [0.15, 0.2) is 17.4 Å². The second kappa shape index (κ2) is 8.35. The predicted molar refractivity (Wildman–Crippen MR) is 105 cm³/mol. The molecule has 1 saturated carbocycles. The number of rotatable bonds is 3. The van der Waals surface area contributed by atoms with E-state index in [4.69, 9.17) is 4.99 Å². The summed E-state index contributed by atoms with van der Waals surface area (Å²) in [4.78, 5) is 7.31. The zero-order chi connectivity index (χ0) is 15.4. The van der Waals surface area contributed by atoms with Crippen LogP contribution in [0, 0.1) is 5.41 Å². The number of nitrogens with zero attached hydrogens (tertiary/aromatic N) is 4. The van der Waals surface area contributed by atoms with Crippen molar-refractivity contribution in [2.75, 3.05) is 19.6 Å². The summed E-state index contributed by atoms with van der Waals surface area (Å²) in [5.74, 6) is 1.08. The summed E-state index contributed by atoms with van der Waals surface area (Å²) in [7, 11) is 1.95. The van der Waals surface area contributed by atoms with Crippen molar-refractivity contribution in [3.8, 4) is 0 Å². The van der Waals surface area contributed by atoms with Crippen molar-refractivity contribution >= 4 is 29.9 Å². The normalized spacial score (nSPS) is 20.6. The van der Waals surface area contributed by atoms with Crippen LogP contribution in [0.3, 0.4) is 0 Å². The van der Waals surface area contributed by atoms with Gasteiger partial charge in [-0.25, -0.2) is 4.99 Å². The molecule has 0 aromatic carbocycles.